The van der Waals surface area contributed by atoms with Crippen molar-refractivity contribution in [2.75, 3.05) is 51.0 Å². The summed E-state index contributed by atoms with van der Waals surface area (Å²) in [6.45, 7) is 3.13. The minimum atomic E-state index is 0.000153. The number of nitrogens with zero attached hydrogens (tertiary/aromatic N) is 2. The van der Waals surface area contributed by atoms with Gasteiger partial charge in [0.2, 0.25) is 0 Å². The molecule has 104 valence electrons. The summed E-state index contributed by atoms with van der Waals surface area (Å²) >= 11 is 0. The molecule has 0 atom stereocenters. The van der Waals surface area contributed by atoms with Crippen LogP contribution in [0.1, 0.15) is 16.8 Å². The van der Waals surface area contributed by atoms with E-state index in [9.17, 15) is 4.79 Å². The quantitative estimate of drug-likeness (QED) is 0.814. The Labute approximate surface area is 113 Å². The Morgan fingerprint density at radius 1 is 1.32 bits per heavy atom. The molecule has 0 aliphatic carbocycles. The molecule has 1 aromatic rings. The van der Waals surface area contributed by atoms with Crippen LogP contribution >= 0.6 is 0 Å². The number of hydrogen-bond donors (Lipinski definition) is 1. The first-order valence-corrected chi connectivity index (χ1v) is 6.53. The van der Waals surface area contributed by atoms with Gasteiger partial charge in [0.25, 0.3) is 5.91 Å². The number of carbonyl (C=O) groups excluding carboxylic acids is 1. The second-order valence-corrected chi connectivity index (χ2v) is 4.93. The van der Waals surface area contributed by atoms with Crippen molar-refractivity contribution in [2.24, 2.45) is 0 Å². The Bertz CT molecular complexity index is 452. The second kappa shape index (κ2) is 5.93. The van der Waals surface area contributed by atoms with Gasteiger partial charge in [0.05, 0.1) is 17.9 Å². The third-order valence-corrected chi connectivity index (χ3v) is 3.22. The zero-order chi connectivity index (χ0) is 13.8. The fourth-order valence-corrected chi connectivity index (χ4v) is 2.22. The average Bonchev–Trinajstić information content (AvgIpc) is 2.66. The molecule has 1 fully saturated rings. The van der Waals surface area contributed by atoms with Crippen LogP contribution < -0.4 is 10.6 Å². The molecule has 1 aliphatic heterocycles. The number of ether oxygens (including phenoxy) is 1. The molecule has 0 saturated carbocycles. The van der Waals surface area contributed by atoms with E-state index in [1.54, 1.807) is 31.1 Å². The predicted molar refractivity (Wildman–Crippen MR) is 76.5 cm³/mol. The van der Waals surface area contributed by atoms with Gasteiger partial charge in [-0.2, -0.15) is 0 Å². The average molecular weight is 263 g/mol. The molecule has 19 heavy (non-hydrogen) atoms. The fraction of sp³-hybridized carbons (Fsp3) is 0.500. The summed E-state index contributed by atoms with van der Waals surface area (Å²) in [7, 11) is 3.52. The maximum absolute atomic E-state index is 12.2. The zero-order valence-electron chi connectivity index (χ0n) is 11.6. The highest BCUT2D eigenvalue weighted by atomic mass is 16.5. The molecule has 0 unspecified atom stereocenters. The standard InChI is InChI=1S/C14H21N3O2/c1-16(2)14(18)12-5-4-11(15)10-13(12)17-6-3-8-19-9-7-17/h4-5,10H,3,6-9,15H2,1-2H3. The Kier molecular flexibility index (Phi) is 4.27. The van der Waals surface area contributed by atoms with Crippen LogP contribution in [-0.2, 0) is 4.74 Å². The highest BCUT2D eigenvalue weighted by Gasteiger charge is 2.19. The Morgan fingerprint density at radius 3 is 2.84 bits per heavy atom. The largest absolute Gasteiger partial charge is 0.399 e. The van der Waals surface area contributed by atoms with Crippen molar-refractivity contribution in [2.45, 2.75) is 6.42 Å². The minimum Gasteiger partial charge on any atom is -0.399 e. The van der Waals surface area contributed by atoms with E-state index in [1.807, 2.05) is 6.07 Å². The van der Waals surface area contributed by atoms with E-state index in [0.29, 0.717) is 17.9 Å². The summed E-state index contributed by atoms with van der Waals surface area (Å²) in [5.41, 5.74) is 8.15. The summed E-state index contributed by atoms with van der Waals surface area (Å²) < 4.78 is 5.46. The van der Waals surface area contributed by atoms with Gasteiger partial charge < -0.3 is 20.3 Å². The summed E-state index contributed by atoms with van der Waals surface area (Å²) in [5.74, 6) is 0.000153. The van der Waals surface area contributed by atoms with Crippen LogP contribution in [0.3, 0.4) is 0 Å². The highest BCUT2D eigenvalue weighted by molar-refractivity contribution is 6.00. The monoisotopic (exact) mass is 263 g/mol. The Morgan fingerprint density at radius 2 is 2.11 bits per heavy atom. The number of amides is 1. The van der Waals surface area contributed by atoms with E-state index in [2.05, 4.69) is 4.90 Å². The summed E-state index contributed by atoms with van der Waals surface area (Å²) in [6.07, 6.45) is 0.963. The molecule has 1 saturated heterocycles. The van der Waals surface area contributed by atoms with Crippen LogP contribution in [0.2, 0.25) is 0 Å². The summed E-state index contributed by atoms with van der Waals surface area (Å²) in [6, 6.07) is 5.45. The Hall–Kier alpha value is -1.75. The molecule has 5 heteroatoms. The van der Waals surface area contributed by atoms with Crippen LogP contribution in [0.15, 0.2) is 18.2 Å². The third-order valence-electron chi connectivity index (χ3n) is 3.22. The number of nitrogen functional groups attached to an aromatic ring is 1. The van der Waals surface area contributed by atoms with Crippen molar-refractivity contribution < 1.29 is 9.53 Å². The van der Waals surface area contributed by atoms with Gasteiger partial charge in [-0.25, -0.2) is 0 Å². The van der Waals surface area contributed by atoms with E-state index in [-0.39, 0.29) is 5.91 Å². The van der Waals surface area contributed by atoms with Gasteiger partial charge in [0, 0.05) is 39.5 Å². The van der Waals surface area contributed by atoms with Crippen molar-refractivity contribution in [1.82, 2.24) is 4.90 Å². The lowest BCUT2D eigenvalue weighted by molar-refractivity contribution is 0.0828. The van der Waals surface area contributed by atoms with Crippen molar-refractivity contribution >= 4 is 17.3 Å². The molecule has 2 rings (SSSR count). The first-order valence-electron chi connectivity index (χ1n) is 6.53. The topological polar surface area (TPSA) is 58.8 Å². The number of hydrogen-bond acceptors (Lipinski definition) is 4. The number of anilines is 2. The van der Waals surface area contributed by atoms with Gasteiger partial charge in [0.1, 0.15) is 0 Å². The molecule has 0 spiro atoms. The van der Waals surface area contributed by atoms with Crippen LogP contribution in [-0.4, -0.2) is 51.2 Å². The minimum absolute atomic E-state index is 0.000153. The van der Waals surface area contributed by atoms with E-state index in [0.717, 1.165) is 31.8 Å². The van der Waals surface area contributed by atoms with Crippen molar-refractivity contribution in [3.8, 4) is 0 Å². The fourth-order valence-electron chi connectivity index (χ4n) is 2.22. The van der Waals surface area contributed by atoms with Crippen LogP contribution in [0.25, 0.3) is 0 Å². The lowest BCUT2D eigenvalue weighted by atomic mass is 10.1. The molecular formula is C14H21N3O2. The van der Waals surface area contributed by atoms with Gasteiger partial charge in [-0.1, -0.05) is 0 Å². The molecule has 0 aromatic heterocycles. The van der Waals surface area contributed by atoms with E-state index >= 15 is 0 Å². The molecule has 1 aromatic carbocycles. The zero-order valence-corrected chi connectivity index (χ0v) is 11.6. The molecule has 1 heterocycles. The van der Waals surface area contributed by atoms with Crippen LogP contribution in [0.4, 0.5) is 11.4 Å². The molecule has 0 bridgehead atoms. The molecule has 0 radical (unpaired) electrons. The van der Waals surface area contributed by atoms with Crippen molar-refractivity contribution in [1.29, 1.82) is 0 Å². The second-order valence-electron chi connectivity index (χ2n) is 4.93. The lowest BCUT2D eigenvalue weighted by Gasteiger charge is -2.25. The first kappa shape index (κ1) is 13.7. The number of benzene rings is 1. The lowest BCUT2D eigenvalue weighted by Crippen LogP contribution is -2.30. The van der Waals surface area contributed by atoms with Crippen molar-refractivity contribution in [3.05, 3.63) is 23.8 Å². The van der Waals surface area contributed by atoms with Gasteiger partial charge in [0.15, 0.2) is 0 Å². The van der Waals surface area contributed by atoms with E-state index < -0.39 is 0 Å². The molecule has 1 amide bonds. The normalized spacial score (nSPS) is 16.0. The summed E-state index contributed by atoms with van der Waals surface area (Å²) in [4.78, 5) is 16.0. The van der Waals surface area contributed by atoms with Gasteiger partial charge >= 0.3 is 0 Å². The molecule has 5 nitrogen and oxygen atoms in total. The first-order chi connectivity index (χ1) is 9.09. The Balaban J connectivity index is 2.35. The smallest absolute Gasteiger partial charge is 0.255 e. The van der Waals surface area contributed by atoms with Gasteiger partial charge in [-0.05, 0) is 24.6 Å². The molecular weight excluding hydrogens is 242 g/mol. The highest BCUT2D eigenvalue weighted by Crippen LogP contribution is 2.25. The molecule has 1 aliphatic rings. The third kappa shape index (κ3) is 3.17. The predicted octanol–water partition coefficient (Wildman–Crippen LogP) is 1.20. The number of carbonyl (C=O) groups is 1. The maximum Gasteiger partial charge on any atom is 0.255 e. The van der Waals surface area contributed by atoms with Crippen molar-refractivity contribution in [3.63, 3.8) is 0 Å². The van der Waals surface area contributed by atoms with E-state index in [1.165, 1.54) is 0 Å². The molecule has 2 N–H and O–H groups in total. The van der Waals surface area contributed by atoms with Crippen LogP contribution in [0, 0.1) is 0 Å². The maximum atomic E-state index is 12.2. The number of rotatable bonds is 2. The van der Waals surface area contributed by atoms with Gasteiger partial charge in [-0.15, -0.1) is 0 Å². The van der Waals surface area contributed by atoms with Gasteiger partial charge in [-0.3, -0.25) is 4.79 Å². The van der Waals surface area contributed by atoms with Crippen LogP contribution in [0.5, 0.6) is 0 Å². The number of nitrogens with two attached hydrogens (primary N) is 1. The summed E-state index contributed by atoms with van der Waals surface area (Å²) in [5, 5.41) is 0. The SMILES string of the molecule is CN(C)C(=O)c1ccc(N)cc1N1CCCOCC1. The van der Waals surface area contributed by atoms with E-state index in [4.69, 9.17) is 10.5 Å².